The van der Waals surface area contributed by atoms with Crippen LogP contribution in [-0.4, -0.2) is 18.1 Å². The van der Waals surface area contributed by atoms with Gasteiger partial charge in [-0.1, -0.05) is 13.3 Å². The van der Waals surface area contributed by atoms with Gasteiger partial charge in [0.2, 0.25) is 0 Å². The molecule has 1 saturated carbocycles. The topological polar surface area (TPSA) is 24.9 Å². The number of pyridine rings is 1. The molecular formula is C12H17FN2. The van der Waals surface area contributed by atoms with Crippen molar-refractivity contribution < 1.29 is 4.39 Å². The molecule has 1 aromatic heterocycles. The Labute approximate surface area is 89.9 Å². The Morgan fingerprint density at radius 3 is 2.87 bits per heavy atom. The molecule has 0 amide bonds. The van der Waals surface area contributed by atoms with E-state index >= 15 is 0 Å². The van der Waals surface area contributed by atoms with Gasteiger partial charge in [0.1, 0.15) is 5.82 Å². The molecule has 1 aliphatic carbocycles. The Kier molecular flexibility index (Phi) is 3.00. The molecular weight excluding hydrogens is 191 g/mol. The number of halogens is 1. The molecule has 0 radical (unpaired) electrons. The van der Waals surface area contributed by atoms with Gasteiger partial charge in [-0.05, 0) is 31.5 Å². The predicted octanol–water partition coefficient (Wildman–Crippen LogP) is 2.32. The van der Waals surface area contributed by atoms with E-state index in [1.54, 1.807) is 0 Å². The zero-order chi connectivity index (χ0) is 10.8. The average Bonchev–Trinajstić information content (AvgIpc) is 2.21. The highest BCUT2D eigenvalue weighted by Crippen LogP contribution is 2.43. The van der Waals surface area contributed by atoms with Gasteiger partial charge in [-0.3, -0.25) is 4.98 Å². The van der Waals surface area contributed by atoms with E-state index in [4.69, 9.17) is 0 Å². The fourth-order valence-corrected chi connectivity index (χ4v) is 2.56. The van der Waals surface area contributed by atoms with Gasteiger partial charge in [0, 0.05) is 17.7 Å². The molecule has 15 heavy (non-hydrogen) atoms. The van der Waals surface area contributed by atoms with E-state index in [0.717, 1.165) is 18.5 Å². The first kappa shape index (κ1) is 10.6. The number of hydrogen-bond acceptors (Lipinski definition) is 2. The second-order valence-corrected chi connectivity index (χ2v) is 4.21. The van der Waals surface area contributed by atoms with E-state index in [1.165, 1.54) is 12.3 Å². The maximum Gasteiger partial charge on any atom is 0.141 e. The number of hydrogen-bond donors (Lipinski definition) is 1. The van der Waals surface area contributed by atoms with Crippen molar-refractivity contribution in [2.45, 2.75) is 31.7 Å². The lowest BCUT2D eigenvalue weighted by molar-refractivity contribution is 0.165. The maximum atomic E-state index is 12.7. The Morgan fingerprint density at radius 2 is 2.33 bits per heavy atom. The molecule has 1 N–H and O–H groups in total. The molecule has 3 atom stereocenters. The minimum Gasteiger partial charge on any atom is -0.317 e. The Hall–Kier alpha value is -0.960. The van der Waals surface area contributed by atoms with Crippen LogP contribution in [0.4, 0.5) is 4.39 Å². The summed E-state index contributed by atoms with van der Waals surface area (Å²) in [5.41, 5.74) is 1.04. The summed E-state index contributed by atoms with van der Waals surface area (Å²) in [6.07, 6.45) is 3.58. The van der Waals surface area contributed by atoms with E-state index in [1.807, 2.05) is 13.1 Å². The molecule has 2 rings (SSSR count). The fraction of sp³-hybridized carbons (Fsp3) is 0.583. The third-order valence-corrected chi connectivity index (χ3v) is 3.51. The summed E-state index contributed by atoms with van der Waals surface area (Å²) in [5.74, 6) is 0.900. The van der Waals surface area contributed by atoms with E-state index in [2.05, 4.69) is 17.2 Å². The monoisotopic (exact) mass is 208 g/mol. The van der Waals surface area contributed by atoms with Crippen molar-refractivity contribution in [3.8, 4) is 0 Å². The van der Waals surface area contributed by atoms with Crippen LogP contribution in [0.25, 0.3) is 0 Å². The largest absolute Gasteiger partial charge is 0.317 e. The highest BCUT2D eigenvalue weighted by molar-refractivity contribution is 5.17. The van der Waals surface area contributed by atoms with Crippen LogP contribution in [0.1, 0.15) is 31.4 Å². The van der Waals surface area contributed by atoms with Crippen molar-refractivity contribution in [2.75, 3.05) is 7.05 Å². The molecule has 0 bridgehead atoms. The highest BCUT2D eigenvalue weighted by atomic mass is 19.1. The van der Waals surface area contributed by atoms with E-state index in [0.29, 0.717) is 17.9 Å². The van der Waals surface area contributed by atoms with E-state index < -0.39 is 0 Å². The standard InChI is InChI=1S/C12H17FN2/c1-3-9-10(6-12(9)14-2)11-5-4-8(13)7-15-11/h4-5,7,9-10,12,14H,3,6H2,1-2H3. The number of aromatic nitrogens is 1. The molecule has 3 unspecified atom stereocenters. The summed E-state index contributed by atoms with van der Waals surface area (Å²) in [6, 6.07) is 3.92. The minimum atomic E-state index is -0.253. The molecule has 1 aliphatic rings. The van der Waals surface area contributed by atoms with Crippen LogP contribution >= 0.6 is 0 Å². The highest BCUT2D eigenvalue weighted by Gasteiger charge is 2.40. The Morgan fingerprint density at radius 1 is 1.53 bits per heavy atom. The molecule has 0 spiro atoms. The summed E-state index contributed by atoms with van der Waals surface area (Å²) in [5, 5.41) is 3.31. The van der Waals surface area contributed by atoms with Gasteiger partial charge in [-0.2, -0.15) is 0 Å². The van der Waals surface area contributed by atoms with Gasteiger partial charge in [-0.15, -0.1) is 0 Å². The first-order chi connectivity index (χ1) is 7.26. The van der Waals surface area contributed by atoms with Crippen LogP contribution in [0.15, 0.2) is 18.3 Å². The summed E-state index contributed by atoms with van der Waals surface area (Å²) in [4.78, 5) is 4.16. The van der Waals surface area contributed by atoms with E-state index in [9.17, 15) is 4.39 Å². The van der Waals surface area contributed by atoms with Crippen LogP contribution in [0, 0.1) is 11.7 Å². The van der Waals surface area contributed by atoms with Crippen molar-refractivity contribution in [1.29, 1.82) is 0 Å². The van der Waals surface area contributed by atoms with Crippen molar-refractivity contribution >= 4 is 0 Å². The molecule has 0 saturated heterocycles. The number of nitrogens with one attached hydrogen (secondary N) is 1. The summed E-state index contributed by atoms with van der Waals surface area (Å²) < 4.78 is 12.7. The molecule has 0 aliphatic heterocycles. The molecule has 2 nitrogen and oxygen atoms in total. The normalized spacial score (nSPS) is 29.9. The number of nitrogens with zero attached hydrogens (tertiary/aromatic N) is 1. The lowest BCUT2D eigenvalue weighted by atomic mass is 9.66. The Bertz CT molecular complexity index is 323. The quantitative estimate of drug-likeness (QED) is 0.824. The molecule has 1 aromatic rings. The third-order valence-electron chi connectivity index (χ3n) is 3.51. The lowest BCUT2D eigenvalue weighted by Gasteiger charge is -2.44. The van der Waals surface area contributed by atoms with Crippen molar-refractivity contribution in [3.63, 3.8) is 0 Å². The molecule has 1 heterocycles. The number of rotatable bonds is 3. The van der Waals surface area contributed by atoms with Crippen LogP contribution in [0.5, 0.6) is 0 Å². The van der Waals surface area contributed by atoms with Gasteiger partial charge in [0.15, 0.2) is 0 Å². The summed E-state index contributed by atoms with van der Waals surface area (Å²) >= 11 is 0. The average molecular weight is 208 g/mol. The van der Waals surface area contributed by atoms with Crippen LogP contribution in [0.2, 0.25) is 0 Å². The SMILES string of the molecule is CCC1C(NC)CC1c1ccc(F)cn1. The molecule has 0 aromatic carbocycles. The second kappa shape index (κ2) is 4.27. The van der Waals surface area contributed by atoms with Gasteiger partial charge >= 0.3 is 0 Å². The molecule has 1 fully saturated rings. The summed E-state index contributed by atoms with van der Waals surface area (Å²) in [7, 11) is 2.00. The summed E-state index contributed by atoms with van der Waals surface area (Å²) in [6.45, 7) is 2.20. The first-order valence-electron chi connectivity index (χ1n) is 5.55. The Balaban J connectivity index is 2.09. The zero-order valence-corrected chi connectivity index (χ0v) is 9.20. The van der Waals surface area contributed by atoms with Gasteiger partial charge < -0.3 is 5.32 Å². The lowest BCUT2D eigenvalue weighted by Crippen LogP contribution is -2.47. The van der Waals surface area contributed by atoms with Crippen LogP contribution in [-0.2, 0) is 0 Å². The van der Waals surface area contributed by atoms with E-state index in [-0.39, 0.29) is 5.82 Å². The molecule has 82 valence electrons. The smallest absolute Gasteiger partial charge is 0.141 e. The zero-order valence-electron chi connectivity index (χ0n) is 9.20. The second-order valence-electron chi connectivity index (χ2n) is 4.21. The van der Waals surface area contributed by atoms with Crippen LogP contribution < -0.4 is 5.32 Å². The minimum absolute atomic E-state index is 0.253. The van der Waals surface area contributed by atoms with Gasteiger partial charge in [0.05, 0.1) is 6.20 Å². The van der Waals surface area contributed by atoms with Crippen molar-refractivity contribution in [1.82, 2.24) is 10.3 Å². The van der Waals surface area contributed by atoms with Crippen LogP contribution in [0.3, 0.4) is 0 Å². The fourth-order valence-electron chi connectivity index (χ4n) is 2.56. The van der Waals surface area contributed by atoms with Crippen molar-refractivity contribution in [2.24, 2.45) is 5.92 Å². The van der Waals surface area contributed by atoms with Gasteiger partial charge in [0.25, 0.3) is 0 Å². The molecule has 3 heteroatoms. The van der Waals surface area contributed by atoms with Crippen molar-refractivity contribution in [3.05, 3.63) is 29.8 Å². The first-order valence-corrected chi connectivity index (χ1v) is 5.55. The third kappa shape index (κ3) is 1.88. The maximum absolute atomic E-state index is 12.7. The predicted molar refractivity (Wildman–Crippen MR) is 58.2 cm³/mol. The van der Waals surface area contributed by atoms with Gasteiger partial charge in [-0.25, -0.2) is 4.39 Å².